The maximum atomic E-state index is 11.6. The molecule has 0 saturated carbocycles. The largest absolute Gasteiger partial charge is 0.467 e. The summed E-state index contributed by atoms with van der Waals surface area (Å²) in [6, 6.07) is 1.35. The fourth-order valence-corrected chi connectivity index (χ4v) is 1.92. The first-order valence-electron chi connectivity index (χ1n) is 4.85. The number of rotatable bonds is 3. The molecule has 2 amide bonds. The normalized spacial score (nSPS) is 20.9. The summed E-state index contributed by atoms with van der Waals surface area (Å²) in [6.45, 7) is 0.422. The molecule has 1 atom stereocenters. The van der Waals surface area contributed by atoms with E-state index in [0.29, 0.717) is 6.54 Å². The van der Waals surface area contributed by atoms with E-state index < -0.39 is 6.04 Å². The zero-order valence-corrected chi connectivity index (χ0v) is 10.3. The van der Waals surface area contributed by atoms with Gasteiger partial charge in [-0.1, -0.05) is 0 Å². The number of hydrogen-bond donors (Lipinski definition) is 1. The maximum Gasteiger partial charge on any atom is 0.246 e. The zero-order chi connectivity index (χ0) is 11.7. The number of imide groups is 1. The number of carbonyl (C=O) groups excluding carboxylic acids is 2. The van der Waals surface area contributed by atoms with E-state index in [9.17, 15) is 9.59 Å². The highest BCUT2D eigenvalue weighted by Gasteiger charge is 2.35. The summed E-state index contributed by atoms with van der Waals surface area (Å²) < 4.78 is 6.05. The second kappa shape index (κ2) is 4.39. The Morgan fingerprint density at radius 1 is 1.62 bits per heavy atom. The minimum Gasteiger partial charge on any atom is -0.467 e. The van der Waals surface area contributed by atoms with Crippen LogP contribution >= 0.6 is 15.9 Å². The van der Waals surface area contributed by atoms with Crippen LogP contribution < -0.4 is 5.32 Å². The monoisotopic (exact) mass is 286 g/mol. The third-order valence-corrected chi connectivity index (χ3v) is 3.29. The van der Waals surface area contributed by atoms with Gasteiger partial charge in [0, 0.05) is 7.05 Å². The van der Waals surface area contributed by atoms with Crippen molar-refractivity contribution in [2.24, 2.45) is 0 Å². The molecule has 0 radical (unpaired) electrons. The van der Waals surface area contributed by atoms with Crippen molar-refractivity contribution in [3.8, 4) is 0 Å². The fourth-order valence-electron chi connectivity index (χ4n) is 1.58. The second-order valence-corrected chi connectivity index (χ2v) is 4.47. The molecular formula is C10H11BrN2O3. The Balaban J connectivity index is 1.95. The van der Waals surface area contributed by atoms with E-state index in [1.807, 2.05) is 0 Å². The lowest BCUT2D eigenvalue weighted by Crippen LogP contribution is -2.36. The van der Waals surface area contributed by atoms with Gasteiger partial charge in [-0.3, -0.25) is 19.8 Å². The van der Waals surface area contributed by atoms with Crippen LogP contribution in [0.4, 0.5) is 0 Å². The lowest BCUT2D eigenvalue weighted by molar-refractivity contribution is -0.137. The molecule has 0 aliphatic carbocycles. The number of likely N-dealkylation sites (tertiary alicyclic amines) is 1. The van der Waals surface area contributed by atoms with Crippen LogP contribution in [0, 0.1) is 0 Å². The Kier molecular flexibility index (Phi) is 3.11. The van der Waals surface area contributed by atoms with Crippen LogP contribution in [0.1, 0.15) is 12.2 Å². The van der Waals surface area contributed by atoms with Crippen molar-refractivity contribution in [1.82, 2.24) is 10.2 Å². The zero-order valence-electron chi connectivity index (χ0n) is 8.70. The number of likely N-dealkylation sites (N-methyl/N-ethyl adjacent to an activating group) is 1. The summed E-state index contributed by atoms with van der Waals surface area (Å²) in [7, 11) is 1.50. The lowest BCUT2D eigenvalue weighted by Gasteiger charge is -2.09. The molecule has 5 nitrogen and oxygen atoms in total. The molecule has 1 aromatic rings. The molecule has 1 aromatic heterocycles. The van der Waals surface area contributed by atoms with Crippen LogP contribution in [0.2, 0.25) is 0 Å². The number of nitrogens with one attached hydrogen (secondary N) is 1. The van der Waals surface area contributed by atoms with Crippen molar-refractivity contribution < 1.29 is 14.0 Å². The predicted molar refractivity (Wildman–Crippen MR) is 59.4 cm³/mol. The van der Waals surface area contributed by atoms with Gasteiger partial charge in [0.05, 0.1) is 29.7 Å². The fraction of sp³-hybridized carbons (Fsp3) is 0.400. The highest BCUT2D eigenvalue weighted by molar-refractivity contribution is 9.10. The van der Waals surface area contributed by atoms with Crippen LogP contribution in [0.25, 0.3) is 0 Å². The lowest BCUT2D eigenvalue weighted by atomic mass is 10.2. The van der Waals surface area contributed by atoms with Crippen molar-refractivity contribution in [3.05, 3.63) is 22.6 Å². The van der Waals surface area contributed by atoms with Crippen molar-refractivity contribution in [2.75, 3.05) is 7.05 Å². The average molecular weight is 287 g/mol. The molecule has 0 bridgehead atoms. The van der Waals surface area contributed by atoms with E-state index in [-0.39, 0.29) is 18.2 Å². The van der Waals surface area contributed by atoms with Crippen molar-refractivity contribution in [3.63, 3.8) is 0 Å². The van der Waals surface area contributed by atoms with E-state index in [2.05, 4.69) is 21.2 Å². The van der Waals surface area contributed by atoms with Crippen molar-refractivity contribution in [1.29, 1.82) is 0 Å². The number of halogens is 1. The molecule has 1 saturated heterocycles. The van der Waals surface area contributed by atoms with E-state index in [1.165, 1.54) is 7.05 Å². The van der Waals surface area contributed by atoms with Gasteiger partial charge in [0.15, 0.2) is 0 Å². The van der Waals surface area contributed by atoms with Crippen LogP contribution in [0.3, 0.4) is 0 Å². The highest BCUT2D eigenvalue weighted by atomic mass is 79.9. The molecule has 1 unspecified atom stereocenters. The number of furan rings is 1. The number of hydrogen-bond acceptors (Lipinski definition) is 4. The van der Waals surface area contributed by atoms with Gasteiger partial charge in [-0.05, 0) is 22.0 Å². The number of amides is 2. The van der Waals surface area contributed by atoms with Gasteiger partial charge >= 0.3 is 0 Å². The second-order valence-electron chi connectivity index (χ2n) is 3.62. The van der Waals surface area contributed by atoms with Gasteiger partial charge in [0.2, 0.25) is 11.8 Å². The molecule has 6 heteroatoms. The smallest absolute Gasteiger partial charge is 0.246 e. The first kappa shape index (κ1) is 11.3. The Hall–Kier alpha value is -1.14. The predicted octanol–water partition coefficient (Wildman–Crippen LogP) is 0.889. The summed E-state index contributed by atoms with van der Waals surface area (Å²) in [5, 5.41) is 3.00. The first-order valence-corrected chi connectivity index (χ1v) is 5.64. The van der Waals surface area contributed by atoms with E-state index in [1.54, 1.807) is 12.3 Å². The Labute approximate surface area is 101 Å². The minimum atomic E-state index is -0.436. The van der Waals surface area contributed by atoms with Crippen molar-refractivity contribution in [2.45, 2.75) is 19.0 Å². The van der Waals surface area contributed by atoms with E-state index in [4.69, 9.17) is 4.42 Å². The molecule has 1 fully saturated rings. The topological polar surface area (TPSA) is 62.6 Å². The molecule has 0 spiro atoms. The number of carbonyl (C=O) groups is 2. The van der Waals surface area contributed by atoms with Gasteiger partial charge in [-0.15, -0.1) is 0 Å². The molecular weight excluding hydrogens is 276 g/mol. The van der Waals surface area contributed by atoms with E-state index >= 15 is 0 Å². The van der Waals surface area contributed by atoms with Gasteiger partial charge in [0.25, 0.3) is 0 Å². The first-order chi connectivity index (χ1) is 7.59. The molecule has 1 aliphatic heterocycles. The van der Waals surface area contributed by atoms with Crippen LogP contribution in [0.5, 0.6) is 0 Å². The summed E-state index contributed by atoms with van der Waals surface area (Å²) >= 11 is 3.32. The minimum absolute atomic E-state index is 0.152. The summed E-state index contributed by atoms with van der Waals surface area (Å²) in [6.07, 6.45) is 1.78. The molecule has 2 heterocycles. The average Bonchev–Trinajstić information content (AvgIpc) is 2.76. The highest BCUT2D eigenvalue weighted by Crippen LogP contribution is 2.18. The summed E-state index contributed by atoms with van der Waals surface area (Å²) in [5.74, 6) is 0.378. The van der Waals surface area contributed by atoms with Crippen LogP contribution in [0.15, 0.2) is 21.2 Å². The van der Waals surface area contributed by atoms with Crippen LogP contribution in [-0.2, 0) is 16.1 Å². The third-order valence-electron chi connectivity index (χ3n) is 2.58. The molecule has 0 aromatic carbocycles. The summed E-state index contributed by atoms with van der Waals surface area (Å²) in [5.41, 5.74) is 0. The van der Waals surface area contributed by atoms with Gasteiger partial charge < -0.3 is 4.42 Å². The Morgan fingerprint density at radius 3 is 2.88 bits per heavy atom. The molecule has 16 heavy (non-hydrogen) atoms. The summed E-state index contributed by atoms with van der Waals surface area (Å²) in [4.78, 5) is 24.0. The van der Waals surface area contributed by atoms with Crippen LogP contribution in [-0.4, -0.2) is 29.8 Å². The molecule has 1 N–H and O–H groups in total. The van der Waals surface area contributed by atoms with Gasteiger partial charge in [0.1, 0.15) is 5.76 Å². The van der Waals surface area contributed by atoms with Gasteiger partial charge in [-0.2, -0.15) is 0 Å². The maximum absolute atomic E-state index is 11.6. The third kappa shape index (κ3) is 2.03. The number of nitrogens with zero attached hydrogens (tertiary/aromatic N) is 1. The molecule has 86 valence electrons. The van der Waals surface area contributed by atoms with Gasteiger partial charge in [-0.25, -0.2) is 0 Å². The molecule has 1 aliphatic rings. The Morgan fingerprint density at radius 2 is 2.38 bits per heavy atom. The SMILES string of the molecule is CN1C(=O)CC(NCc2occc2Br)C1=O. The van der Waals surface area contributed by atoms with E-state index in [0.717, 1.165) is 15.1 Å². The Bertz CT molecular complexity index is 429. The standard InChI is InChI=1S/C10H11BrN2O3/c1-13-9(14)4-7(10(13)15)12-5-8-6(11)2-3-16-8/h2-3,7,12H,4-5H2,1H3. The quantitative estimate of drug-likeness (QED) is 0.839. The molecule has 2 rings (SSSR count). The van der Waals surface area contributed by atoms with Crippen molar-refractivity contribution >= 4 is 27.7 Å².